The molecule has 0 aromatic rings. The van der Waals surface area contributed by atoms with Gasteiger partial charge in [-0.1, -0.05) is 26.2 Å². The number of guanidine groups is 1. The van der Waals surface area contributed by atoms with Gasteiger partial charge in [0.15, 0.2) is 5.96 Å². The molecule has 0 saturated heterocycles. The van der Waals surface area contributed by atoms with E-state index in [1.54, 1.807) is 0 Å². The van der Waals surface area contributed by atoms with Crippen LogP contribution in [0, 0.1) is 0 Å². The van der Waals surface area contributed by atoms with E-state index in [-0.39, 0.29) is 0 Å². The normalized spacial score (nSPS) is 11.5. The standard InChI is InChI=1S/C11H25N3S/c1-4-5-6-7-8-13-11(12-2)14-9-10-15-3/h4-10H2,1-3H3,(H2,12,13,14). The number of nitrogens with zero attached hydrogens (tertiary/aromatic N) is 1. The highest BCUT2D eigenvalue weighted by Gasteiger charge is 1.95. The van der Waals surface area contributed by atoms with Crippen LogP contribution in [-0.2, 0) is 0 Å². The van der Waals surface area contributed by atoms with Crippen LogP contribution in [0.3, 0.4) is 0 Å². The van der Waals surface area contributed by atoms with Gasteiger partial charge in [-0.15, -0.1) is 0 Å². The van der Waals surface area contributed by atoms with Crippen molar-refractivity contribution in [3.05, 3.63) is 0 Å². The molecular formula is C11H25N3S. The first-order valence-electron chi connectivity index (χ1n) is 5.78. The number of aliphatic imine (C=N–C) groups is 1. The first kappa shape index (κ1) is 14.6. The van der Waals surface area contributed by atoms with Crippen LogP contribution in [0.4, 0.5) is 0 Å². The Bertz CT molecular complexity index is 160. The second-order valence-electron chi connectivity index (χ2n) is 3.48. The number of hydrogen-bond acceptors (Lipinski definition) is 2. The molecule has 0 saturated carbocycles. The summed E-state index contributed by atoms with van der Waals surface area (Å²) in [4.78, 5) is 4.16. The predicted octanol–water partition coefficient (Wildman–Crippen LogP) is 2.09. The second-order valence-corrected chi connectivity index (χ2v) is 4.46. The number of hydrogen-bond donors (Lipinski definition) is 2. The van der Waals surface area contributed by atoms with E-state index in [4.69, 9.17) is 0 Å². The van der Waals surface area contributed by atoms with Gasteiger partial charge >= 0.3 is 0 Å². The summed E-state index contributed by atoms with van der Waals surface area (Å²) in [5, 5.41) is 6.60. The molecular weight excluding hydrogens is 206 g/mol. The Morgan fingerprint density at radius 3 is 2.47 bits per heavy atom. The highest BCUT2D eigenvalue weighted by atomic mass is 32.2. The molecule has 4 heteroatoms. The fraction of sp³-hybridized carbons (Fsp3) is 0.909. The number of thioether (sulfide) groups is 1. The molecule has 0 spiro atoms. The van der Waals surface area contributed by atoms with Crippen LogP contribution in [-0.4, -0.2) is 38.1 Å². The molecule has 0 amide bonds. The van der Waals surface area contributed by atoms with Crippen molar-refractivity contribution < 1.29 is 0 Å². The molecule has 15 heavy (non-hydrogen) atoms. The molecule has 0 atom stereocenters. The lowest BCUT2D eigenvalue weighted by molar-refractivity contribution is 0.648. The van der Waals surface area contributed by atoms with E-state index in [0.29, 0.717) is 0 Å². The summed E-state index contributed by atoms with van der Waals surface area (Å²) in [5.74, 6) is 2.05. The van der Waals surface area contributed by atoms with E-state index < -0.39 is 0 Å². The van der Waals surface area contributed by atoms with E-state index >= 15 is 0 Å². The molecule has 0 aliphatic rings. The largest absolute Gasteiger partial charge is 0.356 e. The Kier molecular flexibility index (Phi) is 11.4. The van der Waals surface area contributed by atoms with E-state index in [1.165, 1.54) is 25.7 Å². The fourth-order valence-corrected chi connectivity index (χ4v) is 1.56. The minimum atomic E-state index is 0.931. The first-order valence-corrected chi connectivity index (χ1v) is 7.18. The second kappa shape index (κ2) is 11.7. The van der Waals surface area contributed by atoms with Crippen molar-refractivity contribution in [1.82, 2.24) is 10.6 Å². The molecule has 90 valence electrons. The summed E-state index contributed by atoms with van der Waals surface area (Å²) in [6, 6.07) is 0. The van der Waals surface area contributed by atoms with Crippen molar-refractivity contribution in [2.45, 2.75) is 32.6 Å². The smallest absolute Gasteiger partial charge is 0.191 e. The third-order valence-corrected chi connectivity index (χ3v) is 2.76. The highest BCUT2D eigenvalue weighted by molar-refractivity contribution is 7.98. The Hall–Kier alpha value is -0.380. The summed E-state index contributed by atoms with van der Waals surface area (Å²) in [7, 11) is 1.82. The van der Waals surface area contributed by atoms with Crippen LogP contribution < -0.4 is 10.6 Å². The molecule has 0 aromatic heterocycles. The van der Waals surface area contributed by atoms with E-state index in [1.807, 2.05) is 18.8 Å². The third kappa shape index (κ3) is 9.91. The van der Waals surface area contributed by atoms with E-state index in [0.717, 1.165) is 24.8 Å². The summed E-state index contributed by atoms with van der Waals surface area (Å²) in [6.07, 6.45) is 7.28. The van der Waals surface area contributed by atoms with Gasteiger partial charge in [-0.25, -0.2) is 0 Å². The van der Waals surface area contributed by atoms with Crippen LogP contribution in [0.15, 0.2) is 4.99 Å². The maximum atomic E-state index is 4.16. The van der Waals surface area contributed by atoms with Crippen molar-refractivity contribution >= 4 is 17.7 Å². The maximum absolute atomic E-state index is 4.16. The summed E-state index contributed by atoms with van der Waals surface area (Å²) >= 11 is 1.84. The number of rotatable bonds is 8. The van der Waals surface area contributed by atoms with Gasteiger partial charge in [-0.2, -0.15) is 11.8 Å². The fourth-order valence-electron chi connectivity index (χ4n) is 1.25. The average molecular weight is 231 g/mol. The lowest BCUT2D eigenvalue weighted by Gasteiger charge is -2.10. The van der Waals surface area contributed by atoms with Gasteiger partial charge in [0.1, 0.15) is 0 Å². The van der Waals surface area contributed by atoms with Crippen molar-refractivity contribution in [3.63, 3.8) is 0 Å². The summed E-state index contributed by atoms with van der Waals surface area (Å²) < 4.78 is 0. The zero-order chi connectivity index (χ0) is 11.4. The molecule has 0 unspecified atom stereocenters. The molecule has 0 aliphatic heterocycles. The maximum Gasteiger partial charge on any atom is 0.191 e. The summed E-state index contributed by atoms with van der Waals surface area (Å²) in [6.45, 7) is 4.24. The lowest BCUT2D eigenvalue weighted by Crippen LogP contribution is -2.38. The van der Waals surface area contributed by atoms with Crippen LogP contribution in [0.2, 0.25) is 0 Å². The average Bonchev–Trinajstić information content (AvgIpc) is 2.26. The summed E-state index contributed by atoms with van der Waals surface area (Å²) in [5.41, 5.74) is 0. The Balaban J connectivity index is 3.37. The van der Waals surface area contributed by atoms with Crippen molar-refractivity contribution in [2.24, 2.45) is 4.99 Å². The molecule has 3 nitrogen and oxygen atoms in total. The van der Waals surface area contributed by atoms with E-state index in [2.05, 4.69) is 28.8 Å². The van der Waals surface area contributed by atoms with Gasteiger partial charge in [0.2, 0.25) is 0 Å². The Morgan fingerprint density at radius 2 is 1.87 bits per heavy atom. The predicted molar refractivity (Wildman–Crippen MR) is 71.9 cm³/mol. The van der Waals surface area contributed by atoms with Crippen LogP contribution >= 0.6 is 11.8 Å². The van der Waals surface area contributed by atoms with Crippen molar-refractivity contribution in [3.8, 4) is 0 Å². The molecule has 0 aliphatic carbocycles. The SMILES string of the molecule is CCCCCCNC(=NC)NCCSC. The van der Waals surface area contributed by atoms with E-state index in [9.17, 15) is 0 Å². The zero-order valence-electron chi connectivity index (χ0n) is 10.3. The quantitative estimate of drug-likeness (QED) is 0.381. The number of unbranched alkanes of at least 4 members (excludes halogenated alkanes) is 3. The molecule has 0 aromatic carbocycles. The molecule has 2 N–H and O–H groups in total. The molecule has 0 rings (SSSR count). The Labute approximate surface area is 98.5 Å². The monoisotopic (exact) mass is 231 g/mol. The van der Waals surface area contributed by atoms with Gasteiger partial charge in [0.05, 0.1) is 0 Å². The minimum Gasteiger partial charge on any atom is -0.356 e. The highest BCUT2D eigenvalue weighted by Crippen LogP contribution is 1.96. The van der Waals surface area contributed by atoms with Gasteiger partial charge in [-0.05, 0) is 12.7 Å². The van der Waals surface area contributed by atoms with Gasteiger partial charge in [0, 0.05) is 25.9 Å². The number of nitrogens with one attached hydrogen (secondary N) is 2. The molecule has 0 fully saturated rings. The van der Waals surface area contributed by atoms with Gasteiger partial charge in [-0.3, -0.25) is 4.99 Å². The van der Waals surface area contributed by atoms with Crippen molar-refractivity contribution in [1.29, 1.82) is 0 Å². The molecule has 0 radical (unpaired) electrons. The first-order chi connectivity index (χ1) is 7.35. The minimum absolute atomic E-state index is 0.931. The zero-order valence-corrected chi connectivity index (χ0v) is 11.1. The lowest BCUT2D eigenvalue weighted by atomic mass is 10.2. The molecule has 0 bridgehead atoms. The third-order valence-electron chi connectivity index (χ3n) is 2.15. The molecule has 0 heterocycles. The van der Waals surface area contributed by atoms with Crippen LogP contribution in [0.5, 0.6) is 0 Å². The van der Waals surface area contributed by atoms with Gasteiger partial charge in [0.25, 0.3) is 0 Å². The van der Waals surface area contributed by atoms with Crippen LogP contribution in [0.1, 0.15) is 32.6 Å². The van der Waals surface area contributed by atoms with Crippen LogP contribution in [0.25, 0.3) is 0 Å². The van der Waals surface area contributed by atoms with Crippen molar-refractivity contribution in [2.75, 3.05) is 32.1 Å². The Morgan fingerprint density at radius 1 is 1.13 bits per heavy atom. The van der Waals surface area contributed by atoms with Gasteiger partial charge < -0.3 is 10.6 Å². The topological polar surface area (TPSA) is 36.4 Å².